The Morgan fingerprint density at radius 2 is 2.00 bits per heavy atom. The number of hydrogen-bond donors (Lipinski definition) is 2. The average molecular weight is 387 g/mol. The predicted molar refractivity (Wildman–Crippen MR) is 109 cm³/mol. The monoisotopic (exact) mass is 386 g/mol. The Hall–Kier alpha value is -2.25. The maximum absolute atomic E-state index is 12.5. The van der Waals surface area contributed by atoms with Crippen LogP contribution >= 0.6 is 11.3 Å². The van der Waals surface area contributed by atoms with Crippen LogP contribution in [0.5, 0.6) is 0 Å². The van der Waals surface area contributed by atoms with Gasteiger partial charge in [0.1, 0.15) is 0 Å². The molecule has 0 radical (unpaired) electrons. The van der Waals surface area contributed by atoms with Crippen LogP contribution in [-0.4, -0.2) is 34.8 Å². The summed E-state index contributed by atoms with van der Waals surface area (Å²) in [5.74, 6) is 0.421. The lowest BCUT2D eigenvalue weighted by Gasteiger charge is -2.29. The third-order valence-electron chi connectivity index (χ3n) is 4.84. The number of thiazole rings is 1. The number of anilines is 2. The van der Waals surface area contributed by atoms with E-state index < -0.39 is 0 Å². The lowest BCUT2D eigenvalue weighted by molar-refractivity contribution is -0.114. The average Bonchev–Trinajstić information content (AvgIpc) is 3.05. The van der Waals surface area contributed by atoms with Crippen LogP contribution in [0.3, 0.4) is 0 Å². The lowest BCUT2D eigenvalue weighted by Crippen LogP contribution is -2.32. The van der Waals surface area contributed by atoms with E-state index in [0.717, 1.165) is 36.8 Å². The number of aryl methyl sites for hydroxylation is 1. The number of nitrogens with one attached hydrogen (secondary N) is 2. The first kappa shape index (κ1) is 19.5. The highest BCUT2D eigenvalue weighted by molar-refractivity contribution is 7.14. The quantitative estimate of drug-likeness (QED) is 0.817. The molecular weight excluding hydrogens is 360 g/mol. The van der Waals surface area contributed by atoms with Crippen LogP contribution in [0.25, 0.3) is 0 Å². The van der Waals surface area contributed by atoms with Crippen molar-refractivity contribution in [3.8, 4) is 0 Å². The van der Waals surface area contributed by atoms with Gasteiger partial charge in [0.2, 0.25) is 5.91 Å². The van der Waals surface area contributed by atoms with Crippen molar-refractivity contribution >= 4 is 34.0 Å². The fourth-order valence-electron chi connectivity index (χ4n) is 3.14. The molecule has 0 aliphatic carbocycles. The molecule has 0 spiro atoms. The largest absolute Gasteiger partial charge is 0.326 e. The highest BCUT2D eigenvalue weighted by Crippen LogP contribution is 2.22. The standard InChI is InChI=1S/C20H26N4O2S/c1-13-6-8-24(9-7-13)11-17-12-27-20(22-17)23-19(26)16-5-4-14(2)18(10-16)21-15(3)25/h4-5,10,12-13H,6-9,11H2,1-3H3,(H,21,25)(H,22,23,26). The highest BCUT2D eigenvalue weighted by Gasteiger charge is 2.17. The van der Waals surface area contributed by atoms with Crippen LogP contribution in [0.1, 0.15) is 48.3 Å². The van der Waals surface area contributed by atoms with E-state index >= 15 is 0 Å². The van der Waals surface area contributed by atoms with Gasteiger partial charge in [-0.05, 0) is 56.5 Å². The first-order valence-corrected chi connectivity index (χ1v) is 10.1. The summed E-state index contributed by atoms with van der Waals surface area (Å²) in [6.45, 7) is 8.69. The van der Waals surface area contributed by atoms with Crippen molar-refractivity contribution < 1.29 is 9.59 Å². The molecule has 0 bridgehead atoms. The molecule has 0 atom stereocenters. The molecule has 7 heteroatoms. The van der Waals surface area contributed by atoms with Crippen LogP contribution in [-0.2, 0) is 11.3 Å². The second kappa shape index (κ2) is 8.63. The van der Waals surface area contributed by atoms with E-state index in [1.165, 1.54) is 31.1 Å². The Morgan fingerprint density at radius 3 is 2.70 bits per heavy atom. The molecule has 1 aromatic carbocycles. The summed E-state index contributed by atoms with van der Waals surface area (Å²) in [4.78, 5) is 30.8. The van der Waals surface area contributed by atoms with Gasteiger partial charge >= 0.3 is 0 Å². The molecule has 3 rings (SSSR count). The van der Waals surface area contributed by atoms with Crippen molar-refractivity contribution in [1.82, 2.24) is 9.88 Å². The smallest absolute Gasteiger partial charge is 0.257 e. The maximum Gasteiger partial charge on any atom is 0.257 e. The molecule has 2 aromatic rings. The van der Waals surface area contributed by atoms with Crippen LogP contribution in [0.15, 0.2) is 23.6 Å². The number of hydrogen-bond acceptors (Lipinski definition) is 5. The summed E-state index contributed by atoms with van der Waals surface area (Å²) in [6.07, 6.45) is 2.47. The van der Waals surface area contributed by atoms with Crippen LogP contribution in [0, 0.1) is 12.8 Å². The van der Waals surface area contributed by atoms with Gasteiger partial charge in [-0.2, -0.15) is 0 Å². The van der Waals surface area contributed by atoms with E-state index in [1.807, 2.05) is 18.4 Å². The SMILES string of the molecule is CC(=O)Nc1cc(C(=O)Nc2nc(CN3CCC(C)CC3)cs2)ccc1C. The molecule has 2 heterocycles. The number of carbonyl (C=O) groups is 2. The van der Waals surface area contributed by atoms with E-state index in [2.05, 4.69) is 27.4 Å². The van der Waals surface area contributed by atoms with Gasteiger partial charge in [-0.15, -0.1) is 11.3 Å². The Kier molecular flexibility index (Phi) is 6.23. The third kappa shape index (κ3) is 5.37. The number of piperidine rings is 1. The van der Waals surface area contributed by atoms with E-state index in [4.69, 9.17) is 0 Å². The fraction of sp³-hybridized carbons (Fsp3) is 0.450. The summed E-state index contributed by atoms with van der Waals surface area (Å²) in [5.41, 5.74) is 3.04. The summed E-state index contributed by atoms with van der Waals surface area (Å²) in [5, 5.41) is 8.21. The minimum absolute atomic E-state index is 0.160. The minimum atomic E-state index is -0.228. The predicted octanol–water partition coefficient (Wildman–Crippen LogP) is 3.89. The molecule has 2 N–H and O–H groups in total. The summed E-state index contributed by atoms with van der Waals surface area (Å²) >= 11 is 1.44. The van der Waals surface area contributed by atoms with Gasteiger partial charge in [0, 0.05) is 30.1 Å². The van der Waals surface area contributed by atoms with Gasteiger partial charge in [0.25, 0.3) is 5.91 Å². The Balaban J connectivity index is 1.61. The number of benzene rings is 1. The molecule has 1 saturated heterocycles. The minimum Gasteiger partial charge on any atom is -0.326 e. The number of aromatic nitrogens is 1. The van der Waals surface area contributed by atoms with Crippen molar-refractivity contribution in [2.75, 3.05) is 23.7 Å². The van der Waals surface area contributed by atoms with Gasteiger partial charge < -0.3 is 5.32 Å². The van der Waals surface area contributed by atoms with Gasteiger partial charge in [0.05, 0.1) is 5.69 Å². The molecule has 6 nitrogen and oxygen atoms in total. The second-order valence-electron chi connectivity index (χ2n) is 7.27. The third-order valence-corrected chi connectivity index (χ3v) is 5.65. The number of nitrogens with zero attached hydrogens (tertiary/aromatic N) is 2. The molecule has 144 valence electrons. The van der Waals surface area contributed by atoms with Gasteiger partial charge in [-0.3, -0.25) is 19.8 Å². The fourth-order valence-corrected chi connectivity index (χ4v) is 3.84. The molecule has 1 aromatic heterocycles. The number of likely N-dealkylation sites (tertiary alicyclic amines) is 1. The Bertz CT molecular complexity index is 825. The number of rotatable bonds is 5. The summed E-state index contributed by atoms with van der Waals surface area (Å²) in [6, 6.07) is 5.26. The van der Waals surface area contributed by atoms with E-state index in [-0.39, 0.29) is 11.8 Å². The van der Waals surface area contributed by atoms with Crippen molar-refractivity contribution in [1.29, 1.82) is 0 Å². The second-order valence-corrected chi connectivity index (χ2v) is 8.13. The summed E-state index contributed by atoms with van der Waals surface area (Å²) < 4.78 is 0. The Labute approximate surface area is 164 Å². The zero-order valence-electron chi connectivity index (χ0n) is 16.0. The van der Waals surface area contributed by atoms with Crippen molar-refractivity contribution in [3.63, 3.8) is 0 Å². The molecule has 1 aliphatic rings. The van der Waals surface area contributed by atoms with Crippen LogP contribution < -0.4 is 10.6 Å². The van der Waals surface area contributed by atoms with E-state index in [9.17, 15) is 9.59 Å². The maximum atomic E-state index is 12.5. The van der Waals surface area contributed by atoms with Gasteiger partial charge in [-0.1, -0.05) is 13.0 Å². The van der Waals surface area contributed by atoms with E-state index in [1.54, 1.807) is 12.1 Å². The van der Waals surface area contributed by atoms with Crippen LogP contribution in [0.2, 0.25) is 0 Å². The van der Waals surface area contributed by atoms with Crippen molar-refractivity contribution in [3.05, 3.63) is 40.4 Å². The summed E-state index contributed by atoms with van der Waals surface area (Å²) in [7, 11) is 0. The van der Waals surface area contributed by atoms with Crippen molar-refractivity contribution in [2.24, 2.45) is 5.92 Å². The zero-order valence-corrected chi connectivity index (χ0v) is 16.9. The first-order valence-electron chi connectivity index (χ1n) is 9.27. The highest BCUT2D eigenvalue weighted by atomic mass is 32.1. The molecule has 27 heavy (non-hydrogen) atoms. The van der Waals surface area contributed by atoms with Gasteiger partial charge in [0.15, 0.2) is 5.13 Å². The van der Waals surface area contributed by atoms with Gasteiger partial charge in [-0.25, -0.2) is 4.98 Å². The zero-order chi connectivity index (χ0) is 19.4. The van der Waals surface area contributed by atoms with Crippen LogP contribution in [0.4, 0.5) is 10.8 Å². The topological polar surface area (TPSA) is 74.3 Å². The molecule has 1 aliphatic heterocycles. The molecule has 1 fully saturated rings. The van der Waals surface area contributed by atoms with E-state index in [0.29, 0.717) is 16.4 Å². The van der Waals surface area contributed by atoms with Crippen molar-refractivity contribution in [2.45, 2.75) is 40.2 Å². The number of amides is 2. The number of carbonyl (C=O) groups excluding carboxylic acids is 2. The first-order chi connectivity index (χ1) is 12.9. The Morgan fingerprint density at radius 1 is 1.26 bits per heavy atom. The molecule has 2 amide bonds. The molecule has 0 saturated carbocycles. The lowest BCUT2D eigenvalue weighted by atomic mass is 9.99. The normalized spacial score (nSPS) is 15.5. The molecular formula is C20H26N4O2S. The molecule has 0 unspecified atom stereocenters.